The highest BCUT2D eigenvalue weighted by Crippen LogP contribution is 2.24. The Labute approximate surface area is 95.5 Å². The average molecular weight is 223 g/mol. The topological polar surface area (TPSA) is 42.2 Å². The van der Waals surface area contributed by atoms with Crippen molar-refractivity contribution < 1.29 is 4.39 Å². The standard InChI is InChI=1S/C12H18FN3/c1-16(11-5-3-2-4-10(11)14)12-7-6-9(13)8-15-12/h6-8,10-11H,2-5,14H2,1H3. The summed E-state index contributed by atoms with van der Waals surface area (Å²) in [5, 5.41) is 0. The molecular formula is C12H18FN3. The van der Waals surface area contributed by atoms with E-state index in [2.05, 4.69) is 9.88 Å². The molecule has 1 heterocycles. The van der Waals surface area contributed by atoms with Gasteiger partial charge in [0.1, 0.15) is 11.6 Å². The second kappa shape index (κ2) is 4.78. The minimum absolute atomic E-state index is 0.200. The molecule has 16 heavy (non-hydrogen) atoms. The lowest BCUT2D eigenvalue weighted by atomic mass is 9.90. The quantitative estimate of drug-likeness (QED) is 0.833. The molecule has 88 valence electrons. The Morgan fingerprint density at radius 1 is 1.38 bits per heavy atom. The van der Waals surface area contributed by atoms with E-state index in [0.29, 0.717) is 6.04 Å². The van der Waals surface area contributed by atoms with Gasteiger partial charge in [-0.1, -0.05) is 12.8 Å². The predicted molar refractivity (Wildman–Crippen MR) is 62.8 cm³/mol. The third-order valence-corrected chi connectivity index (χ3v) is 3.35. The Balaban J connectivity index is 2.11. The molecule has 1 aliphatic rings. The fourth-order valence-corrected chi connectivity index (χ4v) is 2.37. The lowest BCUT2D eigenvalue weighted by Gasteiger charge is -2.36. The molecule has 2 unspecified atom stereocenters. The Kier molecular flexibility index (Phi) is 3.39. The van der Waals surface area contributed by atoms with Gasteiger partial charge in [0, 0.05) is 19.1 Å². The van der Waals surface area contributed by atoms with Crippen LogP contribution in [0.3, 0.4) is 0 Å². The highest BCUT2D eigenvalue weighted by Gasteiger charge is 2.26. The Morgan fingerprint density at radius 2 is 2.12 bits per heavy atom. The summed E-state index contributed by atoms with van der Waals surface area (Å²) in [6.07, 6.45) is 5.83. The second-order valence-corrected chi connectivity index (χ2v) is 4.46. The van der Waals surface area contributed by atoms with Crippen molar-refractivity contribution in [2.75, 3.05) is 11.9 Å². The largest absolute Gasteiger partial charge is 0.355 e. The maximum Gasteiger partial charge on any atom is 0.141 e. The van der Waals surface area contributed by atoms with E-state index in [1.165, 1.54) is 25.1 Å². The van der Waals surface area contributed by atoms with E-state index < -0.39 is 0 Å². The Bertz CT molecular complexity index is 339. The van der Waals surface area contributed by atoms with Gasteiger partial charge in [-0.15, -0.1) is 0 Å². The summed E-state index contributed by atoms with van der Waals surface area (Å²) in [5.74, 6) is 0.494. The highest BCUT2D eigenvalue weighted by molar-refractivity contribution is 5.38. The maximum atomic E-state index is 12.8. The SMILES string of the molecule is CN(c1ccc(F)cn1)C1CCCCC1N. The number of nitrogens with two attached hydrogens (primary N) is 1. The zero-order chi connectivity index (χ0) is 11.5. The summed E-state index contributed by atoms with van der Waals surface area (Å²) in [4.78, 5) is 6.16. The molecular weight excluding hydrogens is 205 g/mol. The van der Waals surface area contributed by atoms with Crippen molar-refractivity contribution in [3.05, 3.63) is 24.1 Å². The summed E-state index contributed by atoms with van der Waals surface area (Å²) < 4.78 is 12.8. The lowest BCUT2D eigenvalue weighted by Crippen LogP contribution is -2.48. The lowest BCUT2D eigenvalue weighted by molar-refractivity contribution is 0.372. The number of hydrogen-bond acceptors (Lipinski definition) is 3. The molecule has 2 N–H and O–H groups in total. The normalized spacial score (nSPS) is 25.4. The number of anilines is 1. The van der Waals surface area contributed by atoms with E-state index in [1.807, 2.05) is 7.05 Å². The molecule has 1 aromatic rings. The van der Waals surface area contributed by atoms with E-state index in [0.717, 1.165) is 18.7 Å². The first kappa shape index (κ1) is 11.3. The monoisotopic (exact) mass is 223 g/mol. The van der Waals surface area contributed by atoms with Crippen molar-refractivity contribution in [2.24, 2.45) is 5.73 Å². The van der Waals surface area contributed by atoms with Crippen LogP contribution in [0.15, 0.2) is 18.3 Å². The maximum absolute atomic E-state index is 12.8. The predicted octanol–water partition coefficient (Wildman–Crippen LogP) is 1.93. The van der Waals surface area contributed by atoms with Crippen LogP contribution in [0, 0.1) is 5.82 Å². The fraction of sp³-hybridized carbons (Fsp3) is 0.583. The Hall–Kier alpha value is -1.16. The van der Waals surface area contributed by atoms with Gasteiger partial charge in [-0.05, 0) is 25.0 Å². The first-order valence-electron chi connectivity index (χ1n) is 5.78. The molecule has 0 aromatic carbocycles. The summed E-state index contributed by atoms with van der Waals surface area (Å²) in [7, 11) is 1.98. The van der Waals surface area contributed by atoms with Crippen LogP contribution in [0.2, 0.25) is 0 Å². The van der Waals surface area contributed by atoms with Crippen molar-refractivity contribution in [2.45, 2.75) is 37.8 Å². The zero-order valence-corrected chi connectivity index (χ0v) is 9.56. The first-order chi connectivity index (χ1) is 7.68. The highest BCUT2D eigenvalue weighted by atomic mass is 19.1. The van der Waals surface area contributed by atoms with Crippen molar-refractivity contribution in [1.29, 1.82) is 0 Å². The molecule has 2 atom stereocenters. The molecule has 0 saturated heterocycles. The Morgan fingerprint density at radius 3 is 2.75 bits per heavy atom. The molecule has 0 bridgehead atoms. The minimum atomic E-state index is -0.301. The van der Waals surface area contributed by atoms with Gasteiger partial charge in [-0.2, -0.15) is 0 Å². The number of halogens is 1. The van der Waals surface area contributed by atoms with E-state index in [4.69, 9.17) is 5.73 Å². The molecule has 1 saturated carbocycles. The van der Waals surface area contributed by atoms with Crippen LogP contribution in [-0.4, -0.2) is 24.1 Å². The summed E-state index contributed by atoms with van der Waals surface area (Å²) in [5.41, 5.74) is 6.10. The van der Waals surface area contributed by atoms with Crippen LogP contribution < -0.4 is 10.6 Å². The van der Waals surface area contributed by atoms with Gasteiger partial charge in [0.2, 0.25) is 0 Å². The molecule has 0 radical (unpaired) electrons. The molecule has 0 amide bonds. The molecule has 1 aromatic heterocycles. The van der Waals surface area contributed by atoms with Crippen LogP contribution in [0.25, 0.3) is 0 Å². The average Bonchev–Trinajstić information content (AvgIpc) is 2.30. The zero-order valence-electron chi connectivity index (χ0n) is 9.56. The number of rotatable bonds is 2. The van der Waals surface area contributed by atoms with Crippen LogP contribution in [0.5, 0.6) is 0 Å². The smallest absolute Gasteiger partial charge is 0.141 e. The molecule has 4 heteroatoms. The van der Waals surface area contributed by atoms with Crippen molar-refractivity contribution in [1.82, 2.24) is 4.98 Å². The van der Waals surface area contributed by atoms with Gasteiger partial charge in [0.05, 0.1) is 6.20 Å². The van der Waals surface area contributed by atoms with Crippen LogP contribution in [0.1, 0.15) is 25.7 Å². The van der Waals surface area contributed by atoms with Crippen LogP contribution >= 0.6 is 0 Å². The first-order valence-corrected chi connectivity index (χ1v) is 5.78. The van der Waals surface area contributed by atoms with E-state index >= 15 is 0 Å². The van der Waals surface area contributed by atoms with Gasteiger partial charge in [0.25, 0.3) is 0 Å². The molecule has 0 aliphatic heterocycles. The minimum Gasteiger partial charge on any atom is -0.355 e. The third-order valence-electron chi connectivity index (χ3n) is 3.35. The summed E-state index contributed by atoms with van der Waals surface area (Å²) >= 11 is 0. The molecule has 2 rings (SSSR count). The van der Waals surface area contributed by atoms with Crippen LogP contribution in [0.4, 0.5) is 10.2 Å². The van der Waals surface area contributed by atoms with Crippen LogP contribution in [-0.2, 0) is 0 Å². The van der Waals surface area contributed by atoms with E-state index in [9.17, 15) is 4.39 Å². The number of likely N-dealkylation sites (N-methyl/N-ethyl adjacent to an activating group) is 1. The molecule has 0 spiro atoms. The summed E-state index contributed by atoms with van der Waals surface area (Å²) in [6, 6.07) is 3.67. The van der Waals surface area contributed by atoms with Crippen molar-refractivity contribution in [3.8, 4) is 0 Å². The van der Waals surface area contributed by atoms with E-state index in [1.54, 1.807) is 6.07 Å². The van der Waals surface area contributed by atoms with Gasteiger partial charge in [-0.3, -0.25) is 0 Å². The number of hydrogen-bond donors (Lipinski definition) is 1. The summed E-state index contributed by atoms with van der Waals surface area (Å²) in [6.45, 7) is 0. The molecule has 3 nitrogen and oxygen atoms in total. The number of aromatic nitrogens is 1. The third kappa shape index (κ3) is 2.32. The van der Waals surface area contributed by atoms with Gasteiger partial charge in [0.15, 0.2) is 0 Å². The fourth-order valence-electron chi connectivity index (χ4n) is 2.37. The van der Waals surface area contributed by atoms with Gasteiger partial charge < -0.3 is 10.6 Å². The molecule has 1 fully saturated rings. The number of pyridine rings is 1. The van der Waals surface area contributed by atoms with Gasteiger partial charge >= 0.3 is 0 Å². The van der Waals surface area contributed by atoms with Gasteiger partial charge in [-0.25, -0.2) is 9.37 Å². The van der Waals surface area contributed by atoms with Crippen molar-refractivity contribution in [3.63, 3.8) is 0 Å². The number of nitrogens with zero attached hydrogens (tertiary/aromatic N) is 2. The van der Waals surface area contributed by atoms with E-state index in [-0.39, 0.29) is 11.9 Å². The molecule has 1 aliphatic carbocycles. The second-order valence-electron chi connectivity index (χ2n) is 4.46. The van der Waals surface area contributed by atoms with Crippen molar-refractivity contribution >= 4 is 5.82 Å².